The third kappa shape index (κ3) is 10.8. The van der Waals surface area contributed by atoms with Crippen LogP contribution in [0, 0.1) is 0 Å². The van der Waals surface area contributed by atoms with E-state index in [0.29, 0.717) is 75.5 Å². The Morgan fingerprint density at radius 1 is 0.780 bits per heavy atom. The van der Waals surface area contributed by atoms with Crippen molar-refractivity contribution < 1.29 is 19.0 Å². The minimum Gasteiger partial charge on any atom is -0.497 e. The van der Waals surface area contributed by atoms with Crippen LogP contribution in [0.2, 0.25) is 0 Å². The molecule has 220 valence electrons. The van der Waals surface area contributed by atoms with Crippen LogP contribution in [0.3, 0.4) is 0 Å². The smallest absolute Gasteiger partial charge is 0.251 e. The average molecular weight is 564 g/mol. The predicted octanol–water partition coefficient (Wildman–Crippen LogP) is 4.11. The van der Waals surface area contributed by atoms with Crippen LogP contribution in [0.4, 0.5) is 17.8 Å². The highest BCUT2D eigenvalue weighted by atomic mass is 16.5. The van der Waals surface area contributed by atoms with Gasteiger partial charge in [0.25, 0.3) is 5.91 Å². The highest BCUT2D eigenvalue weighted by molar-refractivity contribution is 5.94. The zero-order valence-corrected chi connectivity index (χ0v) is 23.7. The molecule has 1 aliphatic carbocycles. The van der Waals surface area contributed by atoms with Crippen molar-refractivity contribution in [3.05, 3.63) is 65.7 Å². The average Bonchev–Trinajstić information content (AvgIpc) is 3.02. The fourth-order valence-corrected chi connectivity index (χ4v) is 4.44. The van der Waals surface area contributed by atoms with Crippen molar-refractivity contribution in [2.24, 2.45) is 0 Å². The largest absolute Gasteiger partial charge is 0.497 e. The lowest BCUT2D eigenvalue weighted by atomic mass is 9.96. The molecular formula is C30H41N7O4. The Hall–Kier alpha value is -3.96. The number of anilines is 3. The summed E-state index contributed by atoms with van der Waals surface area (Å²) in [6, 6.07) is 17.4. The van der Waals surface area contributed by atoms with Crippen LogP contribution in [0.1, 0.15) is 48.0 Å². The first kappa shape index (κ1) is 30.0. The van der Waals surface area contributed by atoms with Crippen molar-refractivity contribution >= 4 is 23.8 Å². The number of benzene rings is 2. The maximum absolute atomic E-state index is 12.0. The molecule has 0 radical (unpaired) electrons. The minimum atomic E-state index is -0.106. The van der Waals surface area contributed by atoms with Crippen LogP contribution in [0.25, 0.3) is 0 Å². The molecule has 0 unspecified atom stereocenters. The van der Waals surface area contributed by atoms with Gasteiger partial charge in [-0.2, -0.15) is 15.0 Å². The number of amides is 1. The monoisotopic (exact) mass is 563 g/mol. The lowest BCUT2D eigenvalue weighted by molar-refractivity contribution is 0.0519. The molecule has 4 rings (SSSR count). The Labute approximate surface area is 241 Å². The number of ether oxygens (including phenoxy) is 3. The molecule has 1 amide bonds. The molecule has 3 aromatic rings. The quantitative estimate of drug-likeness (QED) is 0.178. The second-order valence-electron chi connectivity index (χ2n) is 9.76. The van der Waals surface area contributed by atoms with Crippen LogP contribution in [0.5, 0.6) is 5.75 Å². The van der Waals surface area contributed by atoms with E-state index in [1.54, 1.807) is 19.2 Å². The van der Waals surface area contributed by atoms with E-state index in [0.717, 1.165) is 24.2 Å². The highest BCUT2D eigenvalue weighted by Gasteiger charge is 2.16. The standard InChI is InChI=1S/C30H41N7O4/c1-39-26-14-12-23(13-15-26)22-33-29-35-28(36-30(37-29)34-25-10-6-3-7-11-25)32-17-19-41-21-20-40-18-16-31-27(38)24-8-4-2-5-9-24/h2,4-5,8-9,12-15,25H,3,6-7,10-11,16-22H2,1H3,(H,31,38)(H3,32,33,34,35,36,37). The summed E-state index contributed by atoms with van der Waals surface area (Å²) in [5, 5.41) is 12.9. The molecule has 0 bridgehead atoms. The number of nitrogens with zero attached hydrogens (tertiary/aromatic N) is 3. The van der Waals surface area contributed by atoms with Crippen LogP contribution in [-0.2, 0) is 16.0 Å². The van der Waals surface area contributed by atoms with E-state index in [2.05, 4.69) is 36.2 Å². The van der Waals surface area contributed by atoms with Gasteiger partial charge in [0, 0.05) is 31.2 Å². The van der Waals surface area contributed by atoms with E-state index in [4.69, 9.17) is 14.2 Å². The van der Waals surface area contributed by atoms with Crippen molar-refractivity contribution in [3.63, 3.8) is 0 Å². The van der Waals surface area contributed by atoms with E-state index >= 15 is 0 Å². The molecule has 1 heterocycles. The van der Waals surface area contributed by atoms with Crippen molar-refractivity contribution in [2.45, 2.75) is 44.7 Å². The molecule has 0 saturated heterocycles. The molecule has 11 heteroatoms. The first-order valence-electron chi connectivity index (χ1n) is 14.3. The molecule has 11 nitrogen and oxygen atoms in total. The molecule has 0 spiro atoms. The summed E-state index contributed by atoms with van der Waals surface area (Å²) in [4.78, 5) is 25.8. The third-order valence-electron chi connectivity index (χ3n) is 6.65. The van der Waals surface area contributed by atoms with Crippen molar-refractivity contribution in [1.82, 2.24) is 20.3 Å². The molecule has 1 aliphatic rings. The van der Waals surface area contributed by atoms with Crippen LogP contribution in [0.15, 0.2) is 54.6 Å². The topological polar surface area (TPSA) is 132 Å². The van der Waals surface area contributed by atoms with Gasteiger partial charge in [-0.05, 0) is 42.7 Å². The van der Waals surface area contributed by atoms with E-state index in [9.17, 15) is 4.79 Å². The van der Waals surface area contributed by atoms with Gasteiger partial charge in [-0.1, -0.05) is 49.6 Å². The summed E-state index contributed by atoms with van der Waals surface area (Å²) in [5.74, 6) is 2.28. The van der Waals surface area contributed by atoms with E-state index < -0.39 is 0 Å². The molecule has 4 N–H and O–H groups in total. The number of methoxy groups -OCH3 is 1. The van der Waals surface area contributed by atoms with Gasteiger partial charge in [0.1, 0.15) is 5.75 Å². The summed E-state index contributed by atoms with van der Waals surface area (Å²) in [6.07, 6.45) is 5.98. The number of aromatic nitrogens is 3. The van der Waals surface area contributed by atoms with Gasteiger partial charge < -0.3 is 35.5 Å². The second kappa shape index (κ2) is 17.0. The van der Waals surface area contributed by atoms with Gasteiger partial charge in [0.05, 0.1) is 33.5 Å². The molecule has 2 aromatic carbocycles. The maximum Gasteiger partial charge on any atom is 0.251 e. The lowest BCUT2D eigenvalue weighted by Crippen LogP contribution is -2.27. The van der Waals surface area contributed by atoms with Gasteiger partial charge in [0.15, 0.2) is 0 Å². The van der Waals surface area contributed by atoms with Gasteiger partial charge >= 0.3 is 0 Å². The van der Waals surface area contributed by atoms with Gasteiger partial charge in [-0.15, -0.1) is 0 Å². The molecule has 41 heavy (non-hydrogen) atoms. The van der Waals surface area contributed by atoms with Gasteiger partial charge in [-0.25, -0.2) is 0 Å². The second-order valence-corrected chi connectivity index (χ2v) is 9.76. The minimum absolute atomic E-state index is 0.106. The predicted molar refractivity (Wildman–Crippen MR) is 160 cm³/mol. The number of nitrogens with one attached hydrogen (secondary N) is 4. The van der Waals surface area contributed by atoms with Crippen LogP contribution >= 0.6 is 0 Å². The summed E-state index contributed by atoms with van der Waals surface area (Å²) in [6.45, 7) is 3.36. The Morgan fingerprint density at radius 2 is 1.44 bits per heavy atom. The zero-order chi connectivity index (χ0) is 28.5. The molecule has 1 fully saturated rings. The van der Waals surface area contributed by atoms with Gasteiger partial charge in [-0.3, -0.25) is 4.79 Å². The summed E-state index contributed by atoms with van der Waals surface area (Å²) >= 11 is 0. The molecule has 1 saturated carbocycles. The fraction of sp³-hybridized carbons (Fsp3) is 0.467. The molecule has 0 atom stereocenters. The third-order valence-corrected chi connectivity index (χ3v) is 6.65. The molecular weight excluding hydrogens is 522 g/mol. The SMILES string of the molecule is COc1ccc(CNc2nc(NCCOCCOCCNC(=O)c3ccccc3)nc(NC3CCCCC3)n2)cc1. The molecule has 0 aliphatic heterocycles. The summed E-state index contributed by atoms with van der Waals surface area (Å²) in [5.41, 5.74) is 1.73. The summed E-state index contributed by atoms with van der Waals surface area (Å²) in [7, 11) is 1.66. The number of hydrogen-bond donors (Lipinski definition) is 4. The number of hydrogen-bond acceptors (Lipinski definition) is 10. The Bertz CT molecular complexity index is 1180. The van der Waals surface area contributed by atoms with E-state index in [-0.39, 0.29) is 5.91 Å². The van der Waals surface area contributed by atoms with Gasteiger partial charge in [0.2, 0.25) is 17.8 Å². The van der Waals surface area contributed by atoms with Crippen LogP contribution in [-0.4, -0.2) is 73.5 Å². The molecule has 1 aromatic heterocycles. The summed E-state index contributed by atoms with van der Waals surface area (Å²) < 4.78 is 16.5. The first-order valence-corrected chi connectivity index (χ1v) is 14.3. The van der Waals surface area contributed by atoms with E-state index in [1.165, 1.54) is 19.3 Å². The number of rotatable bonds is 17. The zero-order valence-electron chi connectivity index (χ0n) is 23.7. The maximum atomic E-state index is 12.0. The van der Waals surface area contributed by atoms with E-state index in [1.807, 2.05) is 42.5 Å². The Morgan fingerprint density at radius 3 is 2.15 bits per heavy atom. The Kier molecular flexibility index (Phi) is 12.4. The number of carbonyl (C=O) groups is 1. The number of carbonyl (C=O) groups excluding carboxylic acids is 1. The normalized spacial score (nSPS) is 13.4. The lowest BCUT2D eigenvalue weighted by Gasteiger charge is -2.23. The van der Waals surface area contributed by atoms with Crippen molar-refractivity contribution in [2.75, 3.05) is 62.6 Å². The Balaban J connectivity index is 1.17. The first-order chi connectivity index (χ1) is 20.2. The highest BCUT2D eigenvalue weighted by Crippen LogP contribution is 2.21. The fourth-order valence-electron chi connectivity index (χ4n) is 4.44. The van der Waals surface area contributed by atoms with Crippen LogP contribution < -0.4 is 26.0 Å². The van der Waals surface area contributed by atoms with Crippen molar-refractivity contribution in [1.29, 1.82) is 0 Å². The van der Waals surface area contributed by atoms with Crippen molar-refractivity contribution in [3.8, 4) is 5.75 Å².